The molecule has 4 nitrogen and oxygen atoms in total. The Balaban J connectivity index is 2.02. The van der Waals surface area contributed by atoms with Crippen LogP contribution in [0, 0.1) is 33.6 Å². The van der Waals surface area contributed by atoms with Crippen molar-refractivity contribution in [1.29, 1.82) is 0 Å². The zero-order chi connectivity index (χ0) is 27.1. The third kappa shape index (κ3) is 7.30. The molecule has 0 unspecified atom stereocenters. The molecule has 0 aliphatic rings. The van der Waals surface area contributed by atoms with E-state index in [1.165, 1.54) is 33.4 Å². The number of benzene rings is 3. The lowest BCUT2D eigenvalue weighted by molar-refractivity contribution is -0.161. The molecule has 0 fully saturated rings. The van der Waals surface area contributed by atoms with Gasteiger partial charge >= 0.3 is 5.97 Å². The van der Waals surface area contributed by atoms with Crippen molar-refractivity contribution in [3.63, 3.8) is 0 Å². The van der Waals surface area contributed by atoms with E-state index < -0.39 is 18.1 Å². The Morgan fingerprint density at radius 1 is 0.865 bits per heavy atom. The van der Waals surface area contributed by atoms with Crippen molar-refractivity contribution < 1.29 is 14.6 Å². The second kappa shape index (κ2) is 13.0. The van der Waals surface area contributed by atoms with E-state index in [1.54, 1.807) is 6.92 Å². The second-order valence-electron chi connectivity index (χ2n) is 10.5. The summed E-state index contributed by atoms with van der Waals surface area (Å²) in [6.45, 7) is 15.9. The highest BCUT2D eigenvalue weighted by atomic mass is 16.5. The molecule has 0 bridgehead atoms. The fraction of sp³-hybridized carbons (Fsp3) is 0.424. The van der Waals surface area contributed by atoms with Gasteiger partial charge in [0.1, 0.15) is 6.10 Å². The Morgan fingerprint density at radius 3 is 2.05 bits per heavy atom. The number of rotatable bonds is 11. The molecule has 0 heterocycles. The summed E-state index contributed by atoms with van der Waals surface area (Å²) < 4.78 is 6.21. The van der Waals surface area contributed by atoms with Crippen molar-refractivity contribution >= 4 is 5.97 Å². The molecule has 0 radical (unpaired) electrons. The van der Waals surface area contributed by atoms with Gasteiger partial charge in [0.15, 0.2) is 0 Å². The first-order chi connectivity index (χ1) is 17.6. The Morgan fingerprint density at radius 2 is 1.46 bits per heavy atom. The maximum Gasteiger partial charge on any atom is 0.311 e. The molecule has 0 saturated heterocycles. The Bertz CT molecular complexity index is 1150. The van der Waals surface area contributed by atoms with Crippen LogP contribution >= 0.6 is 0 Å². The highest BCUT2D eigenvalue weighted by Crippen LogP contribution is 2.31. The van der Waals surface area contributed by atoms with Gasteiger partial charge < -0.3 is 9.84 Å². The van der Waals surface area contributed by atoms with Crippen LogP contribution in [0.5, 0.6) is 0 Å². The van der Waals surface area contributed by atoms with E-state index in [2.05, 4.69) is 75.9 Å². The van der Waals surface area contributed by atoms with E-state index in [0.717, 1.165) is 18.7 Å². The normalized spacial score (nSPS) is 14.7. The van der Waals surface area contributed by atoms with Gasteiger partial charge in [-0.1, -0.05) is 79.2 Å². The van der Waals surface area contributed by atoms with E-state index in [1.807, 2.05) is 37.3 Å². The molecule has 0 saturated carbocycles. The molecule has 4 heteroatoms. The average molecular weight is 502 g/mol. The largest absolute Gasteiger partial charge is 0.456 e. The zero-order valence-corrected chi connectivity index (χ0v) is 23.5. The van der Waals surface area contributed by atoms with Gasteiger partial charge in [-0.25, -0.2) is 0 Å². The summed E-state index contributed by atoms with van der Waals surface area (Å²) in [4.78, 5) is 15.6. The van der Waals surface area contributed by atoms with E-state index >= 15 is 0 Å². The molecule has 0 aliphatic carbocycles. The molecular formula is C33H43NO3. The van der Waals surface area contributed by atoms with Gasteiger partial charge in [-0.05, 0) is 81.3 Å². The quantitative estimate of drug-likeness (QED) is 0.287. The van der Waals surface area contributed by atoms with Crippen LogP contribution in [0.15, 0.2) is 66.7 Å². The summed E-state index contributed by atoms with van der Waals surface area (Å²) >= 11 is 0. The minimum atomic E-state index is -0.722. The highest BCUT2D eigenvalue weighted by molar-refractivity contribution is 5.73. The van der Waals surface area contributed by atoms with Crippen LogP contribution in [0.1, 0.15) is 72.2 Å². The number of hydrogen-bond acceptors (Lipinski definition) is 4. The smallest absolute Gasteiger partial charge is 0.311 e. The van der Waals surface area contributed by atoms with Crippen LogP contribution in [0.2, 0.25) is 0 Å². The Kier molecular flexibility index (Phi) is 10.1. The number of aliphatic hydroxyl groups excluding tert-OH is 1. The SMILES string of the molecule is CC[C@@H](O)[C@@H](C)C(=O)O[C@H](c1ccccc1)[C@H](C)N(Cc1ccccc1C)Cc1c(C)cc(C)cc1C. The number of esters is 1. The predicted octanol–water partition coefficient (Wildman–Crippen LogP) is 7.00. The van der Waals surface area contributed by atoms with Gasteiger partial charge in [0.05, 0.1) is 12.0 Å². The molecule has 1 N–H and O–H groups in total. The van der Waals surface area contributed by atoms with Gasteiger partial charge in [-0.2, -0.15) is 0 Å². The van der Waals surface area contributed by atoms with E-state index in [9.17, 15) is 9.90 Å². The second-order valence-corrected chi connectivity index (χ2v) is 10.5. The van der Waals surface area contributed by atoms with E-state index in [0.29, 0.717) is 6.42 Å². The van der Waals surface area contributed by atoms with Gasteiger partial charge in [0.25, 0.3) is 0 Å². The van der Waals surface area contributed by atoms with Crippen LogP contribution in [0.25, 0.3) is 0 Å². The van der Waals surface area contributed by atoms with Gasteiger partial charge in [0, 0.05) is 19.1 Å². The summed E-state index contributed by atoms with van der Waals surface area (Å²) in [7, 11) is 0. The maximum absolute atomic E-state index is 13.2. The molecule has 3 aromatic rings. The minimum absolute atomic E-state index is 0.114. The summed E-state index contributed by atoms with van der Waals surface area (Å²) in [5, 5.41) is 10.3. The molecule has 0 aliphatic heterocycles. The van der Waals surface area contributed by atoms with Crippen molar-refractivity contribution in [3.05, 3.63) is 106 Å². The fourth-order valence-corrected chi connectivity index (χ4v) is 5.03. The molecule has 0 spiro atoms. The minimum Gasteiger partial charge on any atom is -0.456 e. The van der Waals surface area contributed by atoms with Gasteiger partial charge in [-0.3, -0.25) is 9.69 Å². The van der Waals surface area contributed by atoms with Crippen LogP contribution in [0.3, 0.4) is 0 Å². The molecule has 37 heavy (non-hydrogen) atoms. The summed E-state index contributed by atoms with van der Waals surface area (Å²) in [5.74, 6) is -0.955. The predicted molar refractivity (Wildman–Crippen MR) is 151 cm³/mol. The Hall–Kier alpha value is -2.95. The van der Waals surface area contributed by atoms with Gasteiger partial charge in [0.2, 0.25) is 0 Å². The summed E-state index contributed by atoms with van der Waals surface area (Å²) in [5.41, 5.74) is 8.55. The molecule has 4 atom stereocenters. The first kappa shape index (κ1) is 28.6. The molecule has 3 aromatic carbocycles. The highest BCUT2D eigenvalue weighted by Gasteiger charge is 2.32. The first-order valence-corrected chi connectivity index (χ1v) is 13.4. The molecular weight excluding hydrogens is 458 g/mol. The number of aliphatic hydroxyl groups is 1. The van der Waals surface area contributed by atoms with Crippen molar-refractivity contribution in [3.8, 4) is 0 Å². The number of carbonyl (C=O) groups excluding carboxylic acids is 1. The monoisotopic (exact) mass is 501 g/mol. The lowest BCUT2D eigenvalue weighted by atomic mass is 9.96. The maximum atomic E-state index is 13.2. The summed E-state index contributed by atoms with van der Waals surface area (Å²) in [6.07, 6.45) is -0.692. The Labute approximate surface area is 223 Å². The topological polar surface area (TPSA) is 49.8 Å². The lowest BCUT2D eigenvalue weighted by Crippen LogP contribution is -2.40. The standard InChI is InChI=1S/C33H43NO3/c1-8-31(35)26(6)33(36)37-32(28-15-10-9-11-16-28)27(7)34(20-29-17-13-12-14-23(29)3)21-30-24(4)18-22(2)19-25(30)5/h9-19,26-27,31-32,35H,8,20-21H2,1-7H3/t26-,27+,31-,32+/m1/s1. The fourth-order valence-electron chi connectivity index (χ4n) is 5.03. The van der Waals surface area contributed by atoms with E-state index in [4.69, 9.17) is 4.74 Å². The first-order valence-electron chi connectivity index (χ1n) is 13.4. The summed E-state index contributed by atoms with van der Waals surface area (Å²) in [6, 6.07) is 22.8. The molecule has 198 valence electrons. The lowest BCUT2D eigenvalue weighted by Gasteiger charge is -2.36. The zero-order valence-electron chi connectivity index (χ0n) is 23.5. The number of ether oxygens (including phenoxy) is 1. The number of nitrogens with zero attached hydrogens (tertiary/aromatic N) is 1. The van der Waals surface area contributed by atoms with Gasteiger partial charge in [-0.15, -0.1) is 0 Å². The van der Waals surface area contributed by atoms with Crippen molar-refractivity contribution in [2.75, 3.05) is 0 Å². The van der Waals surface area contributed by atoms with Crippen LogP contribution in [0.4, 0.5) is 0 Å². The third-order valence-electron chi connectivity index (χ3n) is 7.59. The van der Waals surface area contributed by atoms with Crippen molar-refractivity contribution in [2.24, 2.45) is 5.92 Å². The molecule has 0 aromatic heterocycles. The molecule has 3 rings (SSSR count). The van der Waals surface area contributed by atoms with Crippen LogP contribution < -0.4 is 0 Å². The number of aryl methyl sites for hydroxylation is 4. The number of hydrogen-bond donors (Lipinski definition) is 1. The van der Waals surface area contributed by atoms with Crippen molar-refractivity contribution in [1.82, 2.24) is 4.90 Å². The molecule has 0 amide bonds. The number of carbonyl (C=O) groups is 1. The van der Waals surface area contributed by atoms with Crippen molar-refractivity contribution in [2.45, 2.75) is 86.2 Å². The van der Waals surface area contributed by atoms with Crippen LogP contribution in [-0.2, 0) is 22.6 Å². The average Bonchev–Trinajstić information content (AvgIpc) is 2.88. The van der Waals surface area contributed by atoms with Crippen LogP contribution in [-0.4, -0.2) is 28.1 Å². The third-order valence-corrected chi connectivity index (χ3v) is 7.59. The van der Waals surface area contributed by atoms with E-state index in [-0.39, 0.29) is 12.0 Å².